The maximum atomic E-state index is 14.7. The van der Waals surface area contributed by atoms with Crippen molar-refractivity contribution in [2.75, 3.05) is 20.2 Å². The van der Waals surface area contributed by atoms with E-state index in [1.165, 1.54) is 0 Å². The Morgan fingerprint density at radius 2 is 1.69 bits per heavy atom. The number of allylic oxidation sites excluding steroid dienone is 1. The summed E-state index contributed by atoms with van der Waals surface area (Å²) in [5, 5.41) is 3.35. The number of fused-ring (bicyclic) bond motifs is 2. The van der Waals surface area contributed by atoms with Crippen LogP contribution in [0.1, 0.15) is 95.2 Å². The molecule has 1 N–H and O–H groups in total. The topological polar surface area (TPSA) is 110 Å². The lowest BCUT2D eigenvalue weighted by atomic mass is 9.43. The number of hydrogen-bond donors (Lipinski definition) is 1. The van der Waals surface area contributed by atoms with Crippen molar-refractivity contribution in [3.8, 4) is 5.75 Å². The molecule has 5 fully saturated rings. The fourth-order valence-corrected chi connectivity index (χ4v) is 10.3. The summed E-state index contributed by atoms with van der Waals surface area (Å²) in [6.45, 7) is 8.69. The molecule has 4 amide bonds. The van der Waals surface area contributed by atoms with Crippen molar-refractivity contribution in [2.45, 2.75) is 128 Å². The molecule has 4 aliphatic heterocycles. The Balaban J connectivity index is 1.04. The zero-order valence-electron chi connectivity index (χ0n) is 32.9. The first kappa shape index (κ1) is 37.9. The number of hydrogen-bond acceptors (Lipinski definition) is 7. The second-order valence-electron chi connectivity index (χ2n) is 17.5. The van der Waals surface area contributed by atoms with Crippen LogP contribution in [-0.2, 0) is 38.5 Å². The summed E-state index contributed by atoms with van der Waals surface area (Å²) < 4.78 is 25.1. The zero-order chi connectivity index (χ0) is 38.3. The lowest BCUT2D eigenvalue weighted by molar-refractivity contribution is -0.199. The molecule has 4 heterocycles. The summed E-state index contributed by atoms with van der Waals surface area (Å²) in [5.74, 6) is 1.12. The lowest BCUT2D eigenvalue weighted by Gasteiger charge is -2.64. The van der Waals surface area contributed by atoms with Crippen LogP contribution in [0.15, 0.2) is 60.7 Å². The Kier molecular flexibility index (Phi) is 10.7. The highest BCUT2D eigenvalue weighted by molar-refractivity contribution is 6.48. The van der Waals surface area contributed by atoms with Crippen LogP contribution in [0.25, 0.3) is 0 Å². The maximum Gasteiger partial charge on any atom is 0.481 e. The van der Waals surface area contributed by atoms with Crippen molar-refractivity contribution < 1.29 is 33.2 Å². The van der Waals surface area contributed by atoms with Gasteiger partial charge in [-0.2, -0.15) is 0 Å². The number of benzene rings is 2. The van der Waals surface area contributed by atoms with Gasteiger partial charge in [-0.15, -0.1) is 0 Å². The molecule has 7 atom stereocenters. The molecule has 0 aromatic heterocycles. The molecule has 294 valence electrons. The normalized spacial score (nSPS) is 32.6. The van der Waals surface area contributed by atoms with Crippen LogP contribution in [0.3, 0.4) is 0 Å². The average molecular weight is 753 g/mol. The van der Waals surface area contributed by atoms with Gasteiger partial charge in [0.25, 0.3) is 0 Å². The molecule has 2 aromatic carbocycles. The molecule has 55 heavy (non-hydrogen) atoms. The van der Waals surface area contributed by atoms with E-state index in [-0.39, 0.29) is 42.4 Å². The molecule has 2 aromatic rings. The van der Waals surface area contributed by atoms with Crippen molar-refractivity contribution in [3.05, 3.63) is 77.4 Å². The van der Waals surface area contributed by atoms with Crippen LogP contribution in [-0.4, -0.2) is 89.8 Å². The largest absolute Gasteiger partial charge is 0.497 e. The molecule has 3 saturated carbocycles. The molecule has 7 aliphatic rings. The van der Waals surface area contributed by atoms with E-state index in [1.54, 1.807) is 21.8 Å². The fraction of sp³-hybridized carbons (Fsp3) is 0.605. The molecule has 0 spiro atoms. The van der Waals surface area contributed by atoms with Crippen LogP contribution in [0.4, 0.5) is 9.59 Å². The van der Waals surface area contributed by atoms with Crippen LogP contribution in [0.5, 0.6) is 5.75 Å². The Labute approximate surface area is 326 Å². The van der Waals surface area contributed by atoms with Gasteiger partial charge in [0.1, 0.15) is 17.9 Å². The molecule has 0 radical (unpaired) electrons. The smallest absolute Gasteiger partial charge is 0.481 e. The van der Waals surface area contributed by atoms with Gasteiger partial charge in [-0.25, -0.2) is 9.59 Å². The Hall–Kier alpha value is -4.03. The number of nitrogens with one attached hydrogen (secondary N) is 1. The number of methoxy groups -OCH3 is 1. The minimum absolute atomic E-state index is 0.00471. The van der Waals surface area contributed by atoms with Crippen molar-refractivity contribution in [1.82, 2.24) is 20.0 Å². The van der Waals surface area contributed by atoms with Gasteiger partial charge in [0.05, 0.1) is 31.3 Å². The van der Waals surface area contributed by atoms with E-state index in [4.69, 9.17) is 18.8 Å². The highest BCUT2D eigenvalue weighted by Crippen LogP contribution is 2.65. The molecule has 2 bridgehead atoms. The number of carbonyl (C=O) groups excluding carboxylic acids is 3. The van der Waals surface area contributed by atoms with E-state index < -0.39 is 31.0 Å². The van der Waals surface area contributed by atoms with Crippen molar-refractivity contribution >= 4 is 25.1 Å². The van der Waals surface area contributed by atoms with Gasteiger partial charge in [-0.05, 0) is 85.1 Å². The van der Waals surface area contributed by atoms with Crippen molar-refractivity contribution in [1.29, 1.82) is 0 Å². The van der Waals surface area contributed by atoms with Crippen LogP contribution >= 0.6 is 0 Å². The Morgan fingerprint density at radius 3 is 2.42 bits per heavy atom. The summed E-state index contributed by atoms with van der Waals surface area (Å²) in [6, 6.07) is 14.6. The number of rotatable bonds is 5. The predicted molar refractivity (Wildman–Crippen MR) is 209 cm³/mol. The van der Waals surface area contributed by atoms with Crippen molar-refractivity contribution in [2.24, 2.45) is 17.3 Å². The highest BCUT2D eigenvalue weighted by atomic mass is 16.7. The number of urea groups is 1. The van der Waals surface area contributed by atoms with Gasteiger partial charge in [-0.3, -0.25) is 9.69 Å². The monoisotopic (exact) mass is 752 g/mol. The van der Waals surface area contributed by atoms with E-state index in [0.717, 1.165) is 67.4 Å². The molecular formula is C43H57BN4O7. The maximum absolute atomic E-state index is 14.7. The molecule has 12 heteroatoms. The van der Waals surface area contributed by atoms with Crippen molar-refractivity contribution in [3.63, 3.8) is 0 Å². The second-order valence-corrected chi connectivity index (χ2v) is 17.5. The second kappa shape index (κ2) is 15.5. The molecule has 11 nitrogen and oxygen atoms in total. The quantitative estimate of drug-likeness (QED) is 0.262. The number of ether oxygens (including phenoxy) is 2. The number of nitrogens with zero attached hydrogens (tertiary/aromatic N) is 3. The Bertz CT molecular complexity index is 1750. The predicted octanol–water partition coefficient (Wildman–Crippen LogP) is 6.88. The van der Waals surface area contributed by atoms with E-state index >= 15 is 0 Å². The third-order valence-electron chi connectivity index (χ3n) is 13.7. The zero-order valence-corrected chi connectivity index (χ0v) is 32.9. The van der Waals surface area contributed by atoms with E-state index in [9.17, 15) is 14.4 Å². The summed E-state index contributed by atoms with van der Waals surface area (Å²) in [5.41, 5.74) is 2.95. The van der Waals surface area contributed by atoms with Crippen LogP contribution in [0, 0.1) is 17.3 Å². The summed E-state index contributed by atoms with van der Waals surface area (Å²) in [6.07, 6.45) is 11.2. The fourth-order valence-electron chi connectivity index (χ4n) is 10.3. The summed E-state index contributed by atoms with van der Waals surface area (Å²) in [4.78, 5) is 48.0. The van der Waals surface area contributed by atoms with Gasteiger partial charge >= 0.3 is 19.2 Å². The first-order valence-electron chi connectivity index (χ1n) is 20.5. The third kappa shape index (κ3) is 7.48. The number of carbonyl (C=O) groups is 3. The van der Waals surface area contributed by atoms with E-state index in [2.05, 4.69) is 38.2 Å². The molecule has 3 aliphatic carbocycles. The molecule has 2 saturated heterocycles. The van der Waals surface area contributed by atoms with Gasteiger partial charge in [-0.1, -0.05) is 81.7 Å². The average Bonchev–Trinajstić information content (AvgIpc) is 3.90. The van der Waals surface area contributed by atoms with Crippen LogP contribution < -0.4 is 10.1 Å². The first-order valence-corrected chi connectivity index (χ1v) is 20.5. The minimum atomic E-state index is -0.843. The Morgan fingerprint density at radius 1 is 0.945 bits per heavy atom. The van der Waals surface area contributed by atoms with Crippen LogP contribution in [0.2, 0.25) is 0 Å². The van der Waals surface area contributed by atoms with E-state index in [1.807, 2.05) is 48.5 Å². The van der Waals surface area contributed by atoms with E-state index in [0.29, 0.717) is 44.4 Å². The molecular weight excluding hydrogens is 695 g/mol. The standard InChI is InChI=1S/C43H57BN4O7/c1-42(2)32-22-36(42)43(3)37(23-32)54-44(55-43)38-16-10-8-6-5-7-9-13-21-46(25-29-17-19-33(52-4)20-18-29)40(50)48-28-34(24-35(48)39(49)45-38)53-41(51)47-26-30-14-11-12-15-31(30)27-47/h9,11-15,17-20,32,34-38H,5-8,10,16,21-28H2,1-4H3,(H,45,49)/b13-9+/t32-,34+,35-,36-,37?,38-,43+/m0/s1. The van der Waals surface area contributed by atoms with Gasteiger partial charge in [0.2, 0.25) is 5.91 Å². The van der Waals surface area contributed by atoms with Gasteiger partial charge in [0, 0.05) is 32.6 Å². The highest BCUT2D eigenvalue weighted by Gasteiger charge is 2.68. The molecule has 1 unspecified atom stereocenters. The summed E-state index contributed by atoms with van der Waals surface area (Å²) >= 11 is 0. The SMILES string of the molecule is COc1ccc(CN2C/C=C/CCCCCC[C@@H](B3OC4C[C@@H]5C[C@@H](C5(C)C)[C@@]4(C)O3)NC(=O)[C@@H]3C[C@@H](OC(=O)N4Cc5ccccc5C4)CN3C2=O)cc1. The third-order valence-corrected chi connectivity index (χ3v) is 13.7. The van der Waals surface area contributed by atoms with Gasteiger partial charge in [0.15, 0.2) is 0 Å². The lowest BCUT2D eigenvalue weighted by Crippen LogP contribution is -2.65. The molecule has 9 rings (SSSR count). The number of amides is 4. The van der Waals surface area contributed by atoms with Gasteiger partial charge < -0.3 is 33.9 Å². The summed E-state index contributed by atoms with van der Waals surface area (Å²) in [7, 11) is 1.06. The minimum Gasteiger partial charge on any atom is -0.497 e. The first-order chi connectivity index (χ1) is 26.5.